The molecule has 0 radical (unpaired) electrons. The van der Waals surface area contributed by atoms with Crippen molar-refractivity contribution in [3.05, 3.63) is 24.3 Å². The lowest BCUT2D eigenvalue weighted by molar-refractivity contribution is -0.121. The van der Waals surface area contributed by atoms with Gasteiger partial charge in [-0.05, 0) is 70.3 Å². The maximum Gasteiger partial charge on any atom is 0.220 e. The molecule has 0 saturated carbocycles. The molecule has 5 nitrogen and oxygen atoms in total. The number of nitrogens with one attached hydrogen (secondary N) is 1. The van der Waals surface area contributed by atoms with E-state index in [1.54, 1.807) is 0 Å². The highest BCUT2D eigenvalue weighted by molar-refractivity contribution is 5.75. The lowest BCUT2D eigenvalue weighted by atomic mass is 9.99. The molecule has 1 aromatic carbocycles. The van der Waals surface area contributed by atoms with Gasteiger partial charge in [-0.15, -0.1) is 0 Å². The molecule has 1 fully saturated rings. The van der Waals surface area contributed by atoms with Gasteiger partial charge in [0.1, 0.15) is 0 Å². The summed E-state index contributed by atoms with van der Waals surface area (Å²) >= 11 is 0. The van der Waals surface area contributed by atoms with E-state index >= 15 is 0 Å². The zero-order valence-electron chi connectivity index (χ0n) is 16.3. The van der Waals surface area contributed by atoms with Crippen LogP contribution in [0.1, 0.15) is 46.0 Å². The lowest BCUT2D eigenvalue weighted by Gasteiger charge is -2.30. The van der Waals surface area contributed by atoms with Crippen LogP contribution in [0.15, 0.2) is 24.3 Å². The normalized spacial score (nSPS) is 15.6. The standard InChI is InChI=1S/C21H34N2O3/c1-3-25-19-8-4-5-9-20(19)26-17-6-10-21(24)22-13-7-14-23-15-11-18(2)12-16-23/h4-5,8-9,18H,3,6-7,10-17H2,1-2H3,(H,22,24). The van der Waals surface area contributed by atoms with Crippen molar-refractivity contribution < 1.29 is 14.3 Å². The highest BCUT2D eigenvalue weighted by atomic mass is 16.5. The van der Waals surface area contributed by atoms with Crippen LogP contribution in [0.4, 0.5) is 0 Å². The minimum absolute atomic E-state index is 0.110. The van der Waals surface area contributed by atoms with E-state index in [1.807, 2.05) is 31.2 Å². The van der Waals surface area contributed by atoms with Gasteiger partial charge in [0.25, 0.3) is 0 Å². The maximum atomic E-state index is 11.9. The predicted octanol–water partition coefficient (Wildman–Crippen LogP) is 3.48. The third kappa shape index (κ3) is 7.65. The minimum atomic E-state index is 0.110. The molecule has 1 amide bonds. The monoisotopic (exact) mass is 362 g/mol. The molecule has 0 unspecified atom stereocenters. The maximum absolute atomic E-state index is 11.9. The topological polar surface area (TPSA) is 50.8 Å². The van der Waals surface area contributed by atoms with Gasteiger partial charge in [-0.1, -0.05) is 19.1 Å². The molecule has 146 valence electrons. The fraction of sp³-hybridized carbons (Fsp3) is 0.667. The second kappa shape index (κ2) is 11.8. The molecule has 1 N–H and O–H groups in total. The van der Waals surface area contributed by atoms with Gasteiger partial charge in [-0.2, -0.15) is 0 Å². The van der Waals surface area contributed by atoms with Gasteiger partial charge in [0, 0.05) is 13.0 Å². The molecule has 1 aromatic rings. The van der Waals surface area contributed by atoms with Crippen molar-refractivity contribution in [2.24, 2.45) is 5.92 Å². The molecular weight excluding hydrogens is 328 g/mol. The highest BCUT2D eigenvalue weighted by Gasteiger charge is 2.14. The molecule has 0 bridgehead atoms. The minimum Gasteiger partial charge on any atom is -0.490 e. The Morgan fingerprint density at radius 3 is 2.54 bits per heavy atom. The Kier molecular flexibility index (Phi) is 9.32. The number of hydrogen-bond acceptors (Lipinski definition) is 4. The van der Waals surface area contributed by atoms with Gasteiger partial charge in [0.2, 0.25) is 5.91 Å². The summed E-state index contributed by atoms with van der Waals surface area (Å²) in [6.07, 6.45) is 4.84. The Hall–Kier alpha value is -1.75. The molecule has 1 aliphatic rings. The summed E-state index contributed by atoms with van der Waals surface area (Å²) in [5, 5.41) is 3.02. The van der Waals surface area contributed by atoms with E-state index in [-0.39, 0.29) is 5.91 Å². The number of amides is 1. The zero-order chi connectivity index (χ0) is 18.6. The van der Waals surface area contributed by atoms with Gasteiger partial charge < -0.3 is 19.7 Å². The average Bonchev–Trinajstić information content (AvgIpc) is 2.65. The van der Waals surface area contributed by atoms with Crippen molar-refractivity contribution in [2.75, 3.05) is 39.4 Å². The van der Waals surface area contributed by atoms with Crippen LogP contribution in [0.3, 0.4) is 0 Å². The number of benzene rings is 1. The molecule has 2 rings (SSSR count). The van der Waals surface area contributed by atoms with Gasteiger partial charge in [-0.3, -0.25) is 4.79 Å². The highest BCUT2D eigenvalue weighted by Crippen LogP contribution is 2.26. The molecule has 0 aliphatic carbocycles. The quantitative estimate of drug-likeness (QED) is 0.612. The Bertz CT molecular complexity index is 528. The molecule has 5 heteroatoms. The smallest absolute Gasteiger partial charge is 0.220 e. The van der Waals surface area contributed by atoms with E-state index < -0.39 is 0 Å². The summed E-state index contributed by atoms with van der Waals surface area (Å²) in [5.74, 6) is 2.48. The first-order valence-electron chi connectivity index (χ1n) is 10.0. The summed E-state index contributed by atoms with van der Waals surface area (Å²) in [4.78, 5) is 14.4. The van der Waals surface area contributed by atoms with E-state index in [4.69, 9.17) is 9.47 Å². The SMILES string of the molecule is CCOc1ccccc1OCCCC(=O)NCCCN1CCC(C)CC1. The second-order valence-electron chi connectivity index (χ2n) is 7.06. The van der Waals surface area contributed by atoms with Gasteiger partial charge in [-0.25, -0.2) is 0 Å². The summed E-state index contributed by atoms with van der Waals surface area (Å²) in [6.45, 7) is 9.67. The molecule has 0 spiro atoms. The molecule has 0 atom stereocenters. The van der Waals surface area contributed by atoms with Crippen LogP contribution in [0.5, 0.6) is 11.5 Å². The number of para-hydroxylation sites is 2. The van der Waals surface area contributed by atoms with E-state index in [0.717, 1.165) is 36.9 Å². The van der Waals surface area contributed by atoms with Crippen LogP contribution >= 0.6 is 0 Å². The van der Waals surface area contributed by atoms with Crippen molar-refractivity contribution in [3.8, 4) is 11.5 Å². The Balaban J connectivity index is 1.51. The third-order valence-corrected chi connectivity index (χ3v) is 4.80. The fourth-order valence-electron chi connectivity index (χ4n) is 3.16. The number of likely N-dealkylation sites (tertiary alicyclic amines) is 1. The average molecular weight is 363 g/mol. The molecular formula is C21H34N2O3. The number of ether oxygens (including phenoxy) is 2. The lowest BCUT2D eigenvalue weighted by Crippen LogP contribution is -2.35. The van der Waals surface area contributed by atoms with Crippen LogP contribution in [0, 0.1) is 5.92 Å². The Morgan fingerprint density at radius 2 is 1.85 bits per heavy atom. The van der Waals surface area contributed by atoms with Gasteiger partial charge >= 0.3 is 0 Å². The first kappa shape index (κ1) is 20.6. The summed E-state index contributed by atoms with van der Waals surface area (Å²) < 4.78 is 11.3. The van der Waals surface area contributed by atoms with Crippen LogP contribution in [0.2, 0.25) is 0 Å². The molecule has 1 aliphatic heterocycles. The fourth-order valence-corrected chi connectivity index (χ4v) is 3.16. The number of hydrogen-bond donors (Lipinski definition) is 1. The predicted molar refractivity (Wildman–Crippen MR) is 105 cm³/mol. The van der Waals surface area contributed by atoms with E-state index in [9.17, 15) is 4.79 Å². The Morgan fingerprint density at radius 1 is 1.15 bits per heavy atom. The Labute approximate surface area is 158 Å². The number of carbonyl (C=O) groups is 1. The first-order valence-corrected chi connectivity index (χ1v) is 10.0. The van der Waals surface area contributed by atoms with E-state index in [0.29, 0.717) is 26.1 Å². The second-order valence-corrected chi connectivity index (χ2v) is 7.06. The summed E-state index contributed by atoms with van der Waals surface area (Å²) in [5.41, 5.74) is 0. The first-order chi connectivity index (χ1) is 12.7. The molecule has 26 heavy (non-hydrogen) atoms. The number of carbonyl (C=O) groups excluding carboxylic acids is 1. The van der Waals surface area contributed by atoms with Crippen molar-refractivity contribution >= 4 is 5.91 Å². The van der Waals surface area contributed by atoms with Crippen LogP contribution in [-0.2, 0) is 4.79 Å². The van der Waals surface area contributed by atoms with E-state index in [1.165, 1.54) is 25.9 Å². The van der Waals surface area contributed by atoms with E-state index in [2.05, 4.69) is 17.1 Å². The number of nitrogens with zero attached hydrogens (tertiary/aromatic N) is 1. The number of piperidine rings is 1. The largest absolute Gasteiger partial charge is 0.490 e. The summed E-state index contributed by atoms with van der Waals surface area (Å²) in [7, 11) is 0. The number of rotatable bonds is 11. The zero-order valence-corrected chi connectivity index (χ0v) is 16.3. The molecule has 1 heterocycles. The van der Waals surface area contributed by atoms with Gasteiger partial charge in [0.15, 0.2) is 11.5 Å². The molecule has 0 aromatic heterocycles. The van der Waals surface area contributed by atoms with Crippen LogP contribution < -0.4 is 14.8 Å². The van der Waals surface area contributed by atoms with Crippen molar-refractivity contribution in [1.29, 1.82) is 0 Å². The van der Waals surface area contributed by atoms with Gasteiger partial charge in [0.05, 0.1) is 13.2 Å². The summed E-state index contributed by atoms with van der Waals surface area (Å²) in [6, 6.07) is 7.64. The van der Waals surface area contributed by atoms with Crippen molar-refractivity contribution in [3.63, 3.8) is 0 Å². The molecule has 1 saturated heterocycles. The third-order valence-electron chi connectivity index (χ3n) is 4.80. The van der Waals surface area contributed by atoms with Crippen LogP contribution in [0.25, 0.3) is 0 Å². The van der Waals surface area contributed by atoms with Crippen LogP contribution in [-0.4, -0.2) is 50.2 Å². The van der Waals surface area contributed by atoms with Crippen molar-refractivity contribution in [1.82, 2.24) is 10.2 Å². The van der Waals surface area contributed by atoms with Crippen molar-refractivity contribution in [2.45, 2.75) is 46.0 Å².